The summed E-state index contributed by atoms with van der Waals surface area (Å²) < 4.78 is 23.6. The van der Waals surface area contributed by atoms with Crippen LogP contribution in [0.15, 0.2) is 30.3 Å². The van der Waals surface area contributed by atoms with Crippen molar-refractivity contribution >= 4 is 34.2 Å². The van der Waals surface area contributed by atoms with Crippen molar-refractivity contribution in [1.82, 2.24) is 0 Å². The van der Waals surface area contributed by atoms with Gasteiger partial charge in [-0.05, 0) is 59.7 Å². The van der Waals surface area contributed by atoms with Crippen molar-refractivity contribution in [3.8, 4) is 23.0 Å². The Kier molecular flexibility index (Phi) is 5.27. The Labute approximate surface area is 177 Å². The van der Waals surface area contributed by atoms with Crippen molar-refractivity contribution in [3.05, 3.63) is 39.5 Å². The highest BCUT2D eigenvalue weighted by molar-refractivity contribution is 14.1. The summed E-state index contributed by atoms with van der Waals surface area (Å²) in [5, 5.41) is 2.93. The van der Waals surface area contributed by atoms with Gasteiger partial charge in [0.2, 0.25) is 0 Å². The minimum atomic E-state index is -0.526. The highest BCUT2D eigenvalue weighted by Gasteiger charge is 2.42. The van der Waals surface area contributed by atoms with Gasteiger partial charge in [-0.3, -0.25) is 4.79 Å². The zero-order chi connectivity index (χ0) is 19.7. The Bertz CT molecular complexity index is 908. The molecule has 1 aliphatic heterocycles. The van der Waals surface area contributed by atoms with Crippen molar-refractivity contribution in [2.24, 2.45) is 0 Å². The Morgan fingerprint density at radius 2 is 1.68 bits per heavy atom. The van der Waals surface area contributed by atoms with Gasteiger partial charge in [0.15, 0.2) is 23.0 Å². The first-order chi connectivity index (χ1) is 13.5. The van der Waals surface area contributed by atoms with Crippen LogP contribution in [0.5, 0.6) is 23.0 Å². The first-order valence-corrected chi connectivity index (χ1v) is 10.4. The van der Waals surface area contributed by atoms with Crippen LogP contribution < -0.4 is 24.3 Å². The zero-order valence-electron chi connectivity index (χ0n) is 15.8. The second kappa shape index (κ2) is 7.69. The molecule has 7 heteroatoms. The molecule has 2 aliphatic rings. The smallest absolute Gasteiger partial charge is 0.256 e. The highest BCUT2D eigenvalue weighted by atomic mass is 127. The van der Waals surface area contributed by atoms with Gasteiger partial charge in [0, 0.05) is 28.2 Å². The van der Waals surface area contributed by atoms with E-state index in [-0.39, 0.29) is 5.91 Å². The van der Waals surface area contributed by atoms with E-state index >= 15 is 0 Å². The number of fused-ring (bicyclic) bond motifs is 1. The van der Waals surface area contributed by atoms with Gasteiger partial charge in [-0.25, -0.2) is 0 Å². The molecule has 1 fully saturated rings. The number of nitrogens with one attached hydrogen (secondary N) is 1. The van der Waals surface area contributed by atoms with Crippen molar-refractivity contribution in [3.63, 3.8) is 0 Å². The number of hydrogen-bond acceptors (Lipinski definition) is 5. The fourth-order valence-corrected chi connectivity index (χ4v) is 4.38. The third-order valence-corrected chi connectivity index (χ3v) is 6.02. The molecule has 2 aromatic rings. The van der Waals surface area contributed by atoms with Gasteiger partial charge < -0.3 is 24.3 Å². The zero-order valence-corrected chi connectivity index (χ0v) is 18.0. The Morgan fingerprint density at radius 1 is 1.00 bits per heavy atom. The van der Waals surface area contributed by atoms with Crippen LogP contribution in [-0.2, 0) is 0 Å². The van der Waals surface area contributed by atoms with Gasteiger partial charge in [0.25, 0.3) is 11.7 Å². The average molecular weight is 495 g/mol. The maximum atomic E-state index is 12.8. The molecule has 1 saturated carbocycles. The van der Waals surface area contributed by atoms with Crippen LogP contribution in [0.4, 0.5) is 5.69 Å². The predicted octanol–water partition coefficient (Wildman–Crippen LogP) is 4.99. The summed E-state index contributed by atoms with van der Waals surface area (Å²) in [6.07, 6.45) is 5.22. The Morgan fingerprint density at radius 3 is 2.39 bits per heavy atom. The summed E-state index contributed by atoms with van der Waals surface area (Å²) in [4.78, 5) is 12.8. The lowest BCUT2D eigenvalue weighted by atomic mass is 9.94. The van der Waals surface area contributed by atoms with Crippen molar-refractivity contribution in [2.45, 2.75) is 37.9 Å². The van der Waals surface area contributed by atoms with Gasteiger partial charge in [0.05, 0.1) is 19.8 Å². The molecule has 2 aromatic carbocycles. The molecule has 6 nitrogen and oxygen atoms in total. The van der Waals surface area contributed by atoms with Crippen LogP contribution in [0.1, 0.15) is 42.5 Å². The molecule has 1 heterocycles. The predicted molar refractivity (Wildman–Crippen MR) is 114 cm³/mol. The normalized spacial score (nSPS) is 16.7. The van der Waals surface area contributed by atoms with E-state index in [0.717, 1.165) is 35.0 Å². The number of methoxy groups -OCH3 is 2. The van der Waals surface area contributed by atoms with Crippen molar-refractivity contribution < 1.29 is 23.7 Å². The van der Waals surface area contributed by atoms with Crippen LogP contribution in [-0.4, -0.2) is 25.9 Å². The van der Waals surface area contributed by atoms with E-state index < -0.39 is 5.79 Å². The standard InChI is InChI=1S/C21H22INO5/c1-25-17-11-14(15(22)12-18(17)26-2)20(24)23-13-6-7-16-19(10-13)28-21(27-16)8-4-3-5-9-21/h6-7,10-12H,3-5,8-9H2,1-2H3,(H,23,24). The van der Waals surface area contributed by atoms with E-state index in [1.54, 1.807) is 26.4 Å². The second-order valence-electron chi connectivity index (χ2n) is 6.98. The number of carbonyl (C=O) groups is 1. The highest BCUT2D eigenvalue weighted by Crippen LogP contribution is 2.46. The van der Waals surface area contributed by atoms with Gasteiger partial charge >= 0.3 is 0 Å². The first kappa shape index (κ1) is 19.2. The number of halogens is 1. The van der Waals surface area contributed by atoms with Crippen LogP contribution >= 0.6 is 22.6 Å². The first-order valence-electron chi connectivity index (χ1n) is 9.28. The summed E-state index contributed by atoms with van der Waals surface area (Å²) in [7, 11) is 3.12. The number of anilines is 1. The van der Waals surface area contributed by atoms with E-state index in [0.29, 0.717) is 28.5 Å². The van der Waals surface area contributed by atoms with Crippen LogP contribution in [0.25, 0.3) is 0 Å². The molecule has 0 atom stereocenters. The van der Waals surface area contributed by atoms with Crippen LogP contribution in [0.3, 0.4) is 0 Å². The van der Waals surface area contributed by atoms with E-state index in [4.69, 9.17) is 18.9 Å². The van der Waals surface area contributed by atoms with E-state index in [2.05, 4.69) is 27.9 Å². The Balaban J connectivity index is 1.53. The van der Waals surface area contributed by atoms with Crippen molar-refractivity contribution in [1.29, 1.82) is 0 Å². The maximum Gasteiger partial charge on any atom is 0.256 e. The molecule has 0 bridgehead atoms. The molecule has 0 radical (unpaired) electrons. The fourth-order valence-electron chi connectivity index (χ4n) is 3.69. The Hall–Kier alpha value is -2.16. The number of ether oxygens (including phenoxy) is 4. The maximum absolute atomic E-state index is 12.8. The summed E-state index contributed by atoms with van der Waals surface area (Å²) in [6.45, 7) is 0. The van der Waals surface area contributed by atoms with Crippen LogP contribution in [0, 0.1) is 3.57 Å². The second-order valence-corrected chi connectivity index (χ2v) is 8.14. The minimum Gasteiger partial charge on any atom is -0.493 e. The minimum absolute atomic E-state index is 0.225. The molecule has 1 N–H and O–H groups in total. The molecule has 0 aromatic heterocycles. The number of carbonyl (C=O) groups excluding carboxylic acids is 1. The SMILES string of the molecule is COc1cc(I)c(C(=O)Nc2ccc3c(c2)OC2(CCCCC2)O3)cc1OC. The monoisotopic (exact) mass is 495 g/mol. The summed E-state index contributed by atoms with van der Waals surface area (Å²) in [5.74, 6) is 1.77. The lowest BCUT2D eigenvalue weighted by molar-refractivity contribution is -0.105. The van der Waals surface area contributed by atoms with Gasteiger partial charge in [-0.15, -0.1) is 0 Å². The lowest BCUT2D eigenvalue weighted by Crippen LogP contribution is -2.40. The van der Waals surface area contributed by atoms with Gasteiger partial charge in [0.1, 0.15) is 0 Å². The van der Waals surface area contributed by atoms with E-state index in [1.165, 1.54) is 6.42 Å². The topological polar surface area (TPSA) is 66.0 Å². The lowest BCUT2D eigenvalue weighted by Gasteiger charge is -2.31. The number of benzene rings is 2. The molecule has 0 unspecified atom stereocenters. The number of rotatable bonds is 4. The molecule has 1 amide bonds. The summed E-state index contributed by atoms with van der Waals surface area (Å²) in [6, 6.07) is 8.97. The molecular weight excluding hydrogens is 473 g/mol. The fraction of sp³-hybridized carbons (Fsp3) is 0.381. The molecule has 1 aliphatic carbocycles. The molecule has 4 rings (SSSR count). The van der Waals surface area contributed by atoms with Crippen molar-refractivity contribution in [2.75, 3.05) is 19.5 Å². The van der Waals surface area contributed by atoms with Crippen LogP contribution in [0.2, 0.25) is 0 Å². The molecule has 1 spiro atoms. The third-order valence-electron chi connectivity index (χ3n) is 5.13. The quantitative estimate of drug-likeness (QED) is 0.606. The van der Waals surface area contributed by atoms with Gasteiger partial charge in [-0.1, -0.05) is 6.42 Å². The molecular formula is C21H22INO5. The summed E-state index contributed by atoms with van der Waals surface area (Å²) >= 11 is 2.11. The van der Waals surface area contributed by atoms with Gasteiger partial charge in [-0.2, -0.15) is 0 Å². The number of amides is 1. The molecule has 148 valence electrons. The van der Waals surface area contributed by atoms with E-state index in [1.807, 2.05) is 18.2 Å². The summed E-state index contributed by atoms with van der Waals surface area (Å²) in [5.41, 5.74) is 1.17. The molecule has 28 heavy (non-hydrogen) atoms. The largest absolute Gasteiger partial charge is 0.493 e. The third kappa shape index (κ3) is 3.59. The number of hydrogen-bond donors (Lipinski definition) is 1. The van der Waals surface area contributed by atoms with E-state index in [9.17, 15) is 4.79 Å². The molecule has 0 saturated heterocycles. The average Bonchev–Trinajstić information content (AvgIpc) is 3.04.